The minimum absolute atomic E-state index is 0.580. The Kier molecular flexibility index (Phi) is 3.69. The van der Waals surface area contributed by atoms with Gasteiger partial charge in [0.15, 0.2) is 0 Å². The number of hydrogen-bond acceptors (Lipinski definition) is 5. The number of nitrogens with two attached hydrogens (primary N) is 1. The molecule has 0 fully saturated rings. The summed E-state index contributed by atoms with van der Waals surface area (Å²) in [4.78, 5) is 4.14. The second-order valence-corrected chi connectivity index (χ2v) is 2.99. The Labute approximate surface area is 75.7 Å². The summed E-state index contributed by atoms with van der Waals surface area (Å²) in [5.41, 5.74) is 5.27. The van der Waals surface area contributed by atoms with E-state index in [0.717, 1.165) is 17.5 Å². The third-order valence-electron chi connectivity index (χ3n) is 1.20. The van der Waals surface area contributed by atoms with E-state index in [2.05, 4.69) is 14.7 Å². The van der Waals surface area contributed by atoms with Crippen molar-refractivity contribution in [2.45, 2.75) is 6.92 Å². The lowest BCUT2D eigenvalue weighted by Gasteiger charge is -1.93. The van der Waals surface area contributed by atoms with E-state index in [1.807, 2.05) is 19.1 Å². The maximum atomic E-state index is 5.27. The maximum absolute atomic E-state index is 5.27. The van der Waals surface area contributed by atoms with Crippen molar-refractivity contribution in [1.82, 2.24) is 9.36 Å². The molecule has 5 heteroatoms. The summed E-state index contributed by atoms with van der Waals surface area (Å²) in [6.45, 7) is 3.21. The zero-order valence-corrected chi connectivity index (χ0v) is 7.77. The summed E-state index contributed by atoms with van der Waals surface area (Å²) in [7, 11) is 0. The average molecular weight is 184 g/mol. The Morgan fingerprint density at radius 1 is 1.58 bits per heavy atom. The van der Waals surface area contributed by atoms with Crippen molar-refractivity contribution in [3.63, 3.8) is 0 Å². The first-order valence-electron chi connectivity index (χ1n) is 3.72. The standard InChI is InChI=1S/C7H12N4S/c1-6-10-7(12-11-6)9-5-3-2-4-8/h2-3H,4-5,8H2,1H3,(H,9,10,11)/b3-2+. The van der Waals surface area contributed by atoms with Crippen molar-refractivity contribution in [3.05, 3.63) is 18.0 Å². The third-order valence-corrected chi connectivity index (χ3v) is 1.97. The van der Waals surface area contributed by atoms with Gasteiger partial charge in [-0.25, -0.2) is 4.98 Å². The molecule has 1 aromatic heterocycles. The Hall–Kier alpha value is -0.940. The SMILES string of the molecule is Cc1nsc(NC/C=C/CN)n1. The highest BCUT2D eigenvalue weighted by Crippen LogP contribution is 2.08. The van der Waals surface area contributed by atoms with Gasteiger partial charge in [0.2, 0.25) is 5.13 Å². The second kappa shape index (κ2) is 4.84. The highest BCUT2D eigenvalue weighted by Gasteiger charge is 1.95. The van der Waals surface area contributed by atoms with Crippen LogP contribution < -0.4 is 11.1 Å². The molecule has 3 N–H and O–H groups in total. The topological polar surface area (TPSA) is 63.8 Å². The molecule has 0 radical (unpaired) electrons. The zero-order valence-electron chi connectivity index (χ0n) is 6.95. The van der Waals surface area contributed by atoms with Crippen molar-refractivity contribution in [1.29, 1.82) is 0 Å². The van der Waals surface area contributed by atoms with Gasteiger partial charge >= 0.3 is 0 Å². The first-order valence-corrected chi connectivity index (χ1v) is 4.49. The number of aryl methyl sites for hydroxylation is 1. The first kappa shape index (κ1) is 9.15. The molecular weight excluding hydrogens is 172 g/mol. The van der Waals surface area contributed by atoms with Crippen molar-refractivity contribution >= 4 is 16.7 Å². The van der Waals surface area contributed by atoms with Gasteiger partial charge in [0, 0.05) is 24.6 Å². The molecule has 66 valence electrons. The lowest BCUT2D eigenvalue weighted by atomic mass is 10.5. The normalized spacial score (nSPS) is 10.8. The molecular formula is C7H12N4S. The number of nitrogens with one attached hydrogen (secondary N) is 1. The molecule has 1 aromatic rings. The van der Waals surface area contributed by atoms with Gasteiger partial charge in [0.05, 0.1) is 0 Å². The van der Waals surface area contributed by atoms with Crippen molar-refractivity contribution in [2.75, 3.05) is 18.4 Å². The third kappa shape index (κ3) is 2.98. The number of anilines is 1. The highest BCUT2D eigenvalue weighted by molar-refractivity contribution is 7.09. The van der Waals surface area contributed by atoms with E-state index in [9.17, 15) is 0 Å². The van der Waals surface area contributed by atoms with Crippen molar-refractivity contribution in [3.8, 4) is 0 Å². The van der Waals surface area contributed by atoms with E-state index in [1.54, 1.807) is 0 Å². The van der Waals surface area contributed by atoms with E-state index in [4.69, 9.17) is 5.73 Å². The number of nitrogens with zero attached hydrogens (tertiary/aromatic N) is 2. The number of hydrogen-bond donors (Lipinski definition) is 2. The van der Waals surface area contributed by atoms with Gasteiger partial charge in [-0.1, -0.05) is 12.2 Å². The monoisotopic (exact) mass is 184 g/mol. The zero-order chi connectivity index (χ0) is 8.81. The van der Waals surface area contributed by atoms with Crippen LogP contribution in [-0.2, 0) is 0 Å². The average Bonchev–Trinajstić information content (AvgIpc) is 2.45. The van der Waals surface area contributed by atoms with Gasteiger partial charge in [-0.3, -0.25) is 0 Å². The van der Waals surface area contributed by atoms with E-state index >= 15 is 0 Å². The van der Waals surface area contributed by atoms with E-state index in [0.29, 0.717) is 6.54 Å². The number of aromatic nitrogens is 2. The van der Waals surface area contributed by atoms with Crippen LogP contribution in [0.3, 0.4) is 0 Å². The van der Waals surface area contributed by atoms with E-state index < -0.39 is 0 Å². The van der Waals surface area contributed by atoms with Gasteiger partial charge < -0.3 is 11.1 Å². The van der Waals surface area contributed by atoms with Crippen LogP contribution in [0.25, 0.3) is 0 Å². The lowest BCUT2D eigenvalue weighted by molar-refractivity contribution is 1.15. The molecule has 4 nitrogen and oxygen atoms in total. The molecule has 0 saturated carbocycles. The summed E-state index contributed by atoms with van der Waals surface area (Å²) in [5.74, 6) is 0.810. The molecule has 0 aliphatic heterocycles. The maximum Gasteiger partial charge on any atom is 0.202 e. The Morgan fingerprint density at radius 3 is 3.00 bits per heavy atom. The fraction of sp³-hybridized carbons (Fsp3) is 0.429. The minimum atomic E-state index is 0.580. The van der Waals surface area contributed by atoms with Crippen LogP contribution in [-0.4, -0.2) is 22.4 Å². The highest BCUT2D eigenvalue weighted by atomic mass is 32.1. The molecule has 1 rings (SSSR count). The fourth-order valence-corrected chi connectivity index (χ4v) is 1.27. The molecule has 12 heavy (non-hydrogen) atoms. The molecule has 0 spiro atoms. The molecule has 0 amide bonds. The summed E-state index contributed by atoms with van der Waals surface area (Å²) >= 11 is 1.37. The summed E-state index contributed by atoms with van der Waals surface area (Å²) in [6, 6.07) is 0. The van der Waals surface area contributed by atoms with Crippen molar-refractivity contribution < 1.29 is 0 Å². The molecule has 0 unspecified atom stereocenters. The van der Waals surface area contributed by atoms with E-state index in [-0.39, 0.29) is 0 Å². The van der Waals surface area contributed by atoms with Gasteiger partial charge in [-0.15, -0.1) is 0 Å². The molecule has 0 atom stereocenters. The quantitative estimate of drug-likeness (QED) is 0.678. The molecule has 1 heterocycles. The van der Waals surface area contributed by atoms with Gasteiger partial charge in [-0.05, 0) is 6.92 Å². The van der Waals surface area contributed by atoms with Gasteiger partial charge in [0.1, 0.15) is 5.82 Å². The lowest BCUT2D eigenvalue weighted by Crippen LogP contribution is -1.99. The predicted molar refractivity (Wildman–Crippen MR) is 51.3 cm³/mol. The van der Waals surface area contributed by atoms with Gasteiger partial charge in [0.25, 0.3) is 0 Å². The van der Waals surface area contributed by atoms with Crippen LogP contribution >= 0.6 is 11.5 Å². The van der Waals surface area contributed by atoms with E-state index in [1.165, 1.54) is 11.5 Å². The summed E-state index contributed by atoms with van der Waals surface area (Å²) in [5, 5.41) is 3.96. The summed E-state index contributed by atoms with van der Waals surface area (Å²) in [6.07, 6.45) is 3.87. The van der Waals surface area contributed by atoms with Crippen LogP contribution in [0.5, 0.6) is 0 Å². The Bertz CT molecular complexity index is 256. The number of rotatable bonds is 4. The van der Waals surface area contributed by atoms with Gasteiger partial charge in [-0.2, -0.15) is 4.37 Å². The van der Waals surface area contributed by atoms with Crippen molar-refractivity contribution in [2.24, 2.45) is 5.73 Å². The Balaban J connectivity index is 2.28. The van der Waals surface area contributed by atoms with Crippen LogP contribution in [0.4, 0.5) is 5.13 Å². The Morgan fingerprint density at radius 2 is 2.42 bits per heavy atom. The first-order chi connectivity index (χ1) is 5.83. The smallest absolute Gasteiger partial charge is 0.202 e. The molecule has 0 bridgehead atoms. The molecule has 0 aromatic carbocycles. The molecule has 0 aliphatic carbocycles. The molecule has 0 saturated heterocycles. The second-order valence-electron chi connectivity index (χ2n) is 2.23. The fourth-order valence-electron chi connectivity index (χ4n) is 0.695. The molecule has 0 aliphatic rings. The predicted octanol–water partition coefficient (Wildman–Crippen LogP) is 0.773. The summed E-state index contributed by atoms with van der Waals surface area (Å²) < 4.78 is 4.03. The minimum Gasteiger partial charge on any atom is -0.357 e. The van der Waals surface area contributed by atoms with Crippen LogP contribution in [0.1, 0.15) is 5.82 Å². The van der Waals surface area contributed by atoms with Crippen LogP contribution in [0, 0.1) is 6.92 Å². The van der Waals surface area contributed by atoms with Crippen LogP contribution in [0.15, 0.2) is 12.2 Å². The largest absolute Gasteiger partial charge is 0.357 e. The van der Waals surface area contributed by atoms with Crippen LogP contribution in [0.2, 0.25) is 0 Å².